The van der Waals surface area contributed by atoms with Gasteiger partial charge in [-0.15, -0.1) is 0 Å². The third kappa shape index (κ3) is 3.40. The molecule has 1 fully saturated rings. The van der Waals surface area contributed by atoms with Gasteiger partial charge < -0.3 is 9.64 Å². The molecular weight excluding hydrogens is 340 g/mol. The average molecular weight is 366 g/mol. The van der Waals surface area contributed by atoms with Gasteiger partial charge in [0, 0.05) is 19.5 Å². The van der Waals surface area contributed by atoms with Crippen LogP contribution < -0.4 is 9.64 Å². The zero-order chi connectivity index (χ0) is 18.2. The Balaban J connectivity index is 2.00. The van der Waals surface area contributed by atoms with Gasteiger partial charge in [-0.2, -0.15) is 4.31 Å². The van der Waals surface area contributed by atoms with Gasteiger partial charge in [-0.05, 0) is 44.4 Å². The van der Waals surface area contributed by atoms with Crippen molar-refractivity contribution >= 4 is 21.6 Å². The SMILES string of the molecule is CCC1CCCCN1S(=O)(=O)c1ccc2c(c1)N(C(C)=O)CC(C)O2. The van der Waals surface area contributed by atoms with Crippen molar-refractivity contribution in [2.45, 2.75) is 63.5 Å². The summed E-state index contributed by atoms with van der Waals surface area (Å²) < 4.78 is 33.7. The van der Waals surface area contributed by atoms with E-state index in [-0.39, 0.29) is 22.9 Å². The molecule has 1 amide bonds. The molecular formula is C18H26N2O4S. The van der Waals surface area contributed by atoms with Crippen molar-refractivity contribution in [2.75, 3.05) is 18.0 Å². The highest BCUT2D eigenvalue weighted by Gasteiger charge is 2.34. The Bertz CT molecular complexity index is 762. The summed E-state index contributed by atoms with van der Waals surface area (Å²) in [6, 6.07) is 4.89. The molecule has 6 nitrogen and oxygen atoms in total. The van der Waals surface area contributed by atoms with E-state index in [9.17, 15) is 13.2 Å². The fraction of sp³-hybridized carbons (Fsp3) is 0.611. The summed E-state index contributed by atoms with van der Waals surface area (Å²) >= 11 is 0. The monoisotopic (exact) mass is 366 g/mol. The number of amides is 1. The van der Waals surface area contributed by atoms with Crippen LogP contribution in [-0.4, -0.2) is 43.9 Å². The standard InChI is InChI=1S/C18H26N2O4S/c1-4-15-7-5-6-10-20(15)25(22,23)16-8-9-18-17(11-16)19(14(3)21)12-13(2)24-18/h8-9,11,13,15H,4-7,10,12H2,1-3H3. The number of fused-ring (bicyclic) bond motifs is 1. The molecule has 7 heteroatoms. The molecule has 1 saturated heterocycles. The van der Waals surface area contributed by atoms with E-state index in [2.05, 4.69) is 0 Å². The van der Waals surface area contributed by atoms with Crippen LogP contribution in [0.25, 0.3) is 0 Å². The molecule has 2 atom stereocenters. The molecule has 2 heterocycles. The van der Waals surface area contributed by atoms with Gasteiger partial charge in [0.1, 0.15) is 11.9 Å². The number of nitrogens with zero attached hydrogens (tertiary/aromatic N) is 2. The Labute approximate surface area is 149 Å². The highest BCUT2D eigenvalue weighted by molar-refractivity contribution is 7.89. The molecule has 0 radical (unpaired) electrons. The molecule has 1 aromatic rings. The Morgan fingerprint density at radius 2 is 2.08 bits per heavy atom. The number of ether oxygens (including phenoxy) is 1. The molecule has 0 saturated carbocycles. The van der Waals surface area contributed by atoms with E-state index in [0.29, 0.717) is 24.5 Å². The number of anilines is 1. The first kappa shape index (κ1) is 18.2. The van der Waals surface area contributed by atoms with E-state index in [1.54, 1.807) is 27.4 Å². The average Bonchev–Trinajstić information content (AvgIpc) is 2.60. The van der Waals surface area contributed by atoms with Crippen LogP contribution in [0.2, 0.25) is 0 Å². The minimum atomic E-state index is -3.58. The summed E-state index contributed by atoms with van der Waals surface area (Å²) in [6.07, 6.45) is 3.55. The van der Waals surface area contributed by atoms with Crippen LogP contribution in [0.15, 0.2) is 23.1 Å². The van der Waals surface area contributed by atoms with Crippen molar-refractivity contribution in [3.63, 3.8) is 0 Å². The van der Waals surface area contributed by atoms with Gasteiger partial charge in [0.2, 0.25) is 15.9 Å². The van der Waals surface area contributed by atoms with E-state index in [4.69, 9.17) is 4.74 Å². The summed E-state index contributed by atoms with van der Waals surface area (Å²) in [5.74, 6) is 0.439. The molecule has 138 valence electrons. The van der Waals surface area contributed by atoms with E-state index < -0.39 is 10.0 Å². The zero-order valence-corrected chi connectivity index (χ0v) is 15.9. The van der Waals surface area contributed by atoms with Gasteiger partial charge >= 0.3 is 0 Å². The van der Waals surface area contributed by atoms with Gasteiger partial charge in [0.25, 0.3) is 0 Å². The quantitative estimate of drug-likeness (QED) is 0.825. The number of benzene rings is 1. The highest BCUT2D eigenvalue weighted by atomic mass is 32.2. The van der Waals surface area contributed by atoms with E-state index in [0.717, 1.165) is 25.7 Å². The number of rotatable bonds is 3. The van der Waals surface area contributed by atoms with Crippen LogP contribution in [0.3, 0.4) is 0 Å². The van der Waals surface area contributed by atoms with Gasteiger partial charge in [0.05, 0.1) is 17.1 Å². The molecule has 3 rings (SSSR count). The van der Waals surface area contributed by atoms with Gasteiger partial charge in [-0.3, -0.25) is 4.79 Å². The summed E-state index contributed by atoms with van der Waals surface area (Å²) in [7, 11) is -3.58. The summed E-state index contributed by atoms with van der Waals surface area (Å²) in [6.45, 7) is 6.39. The molecule has 1 aromatic carbocycles. The summed E-state index contributed by atoms with van der Waals surface area (Å²) in [4.78, 5) is 13.8. The Morgan fingerprint density at radius 1 is 1.32 bits per heavy atom. The molecule has 0 aromatic heterocycles. The minimum absolute atomic E-state index is 0.0509. The van der Waals surface area contributed by atoms with Crippen molar-refractivity contribution in [2.24, 2.45) is 0 Å². The lowest BCUT2D eigenvalue weighted by atomic mass is 10.0. The molecule has 2 aliphatic rings. The fourth-order valence-corrected chi connectivity index (χ4v) is 5.50. The lowest BCUT2D eigenvalue weighted by Crippen LogP contribution is -2.44. The maximum Gasteiger partial charge on any atom is 0.243 e. The first-order chi connectivity index (χ1) is 11.8. The fourth-order valence-electron chi connectivity index (χ4n) is 3.71. The maximum absolute atomic E-state index is 13.2. The van der Waals surface area contributed by atoms with Crippen molar-refractivity contribution in [1.82, 2.24) is 4.31 Å². The van der Waals surface area contributed by atoms with Crippen LogP contribution in [0.4, 0.5) is 5.69 Å². The topological polar surface area (TPSA) is 66.9 Å². The van der Waals surface area contributed by atoms with Crippen molar-refractivity contribution < 1.29 is 17.9 Å². The molecule has 25 heavy (non-hydrogen) atoms. The first-order valence-corrected chi connectivity index (χ1v) is 10.4. The molecule has 2 unspecified atom stereocenters. The zero-order valence-electron chi connectivity index (χ0n) is 15.1. The second kappa shape index (κ2) is 6.96. The van der Waals surface area contributed by atoms with E-state index in [1.165, 1.54) is 6.92 Å². The Kier molecular flexibility index (Phi) is 5.06. The van der Waals surface area contributed by atoms with Crippen LogP contribution in [0.1, 0.15) is 46.5 Å². The van der Waals surface area contributed by atoms with Crippen molar-refractivity contribution in [1.29, 1.82) is 0 Å². The predicted molar refractivity (Wildman–Crippen MR) is 96.4 cm³/mol. The lowest BCUT2D eigenvalue weighted by Gasteiger charge is -2.35. The van der Waals surface area contributed by atoms with E-state index in [1.807, 2.05) is 13.8 Å². The largest absolute Gasteiger partial charge is 0.487 e. The van der Waals surface area contributed by atoms with Crippen molar-refractivity contribution in [3.05, 3.63) is 18.2 Å². The molecule has 0 N–H and O–H groups in total. The van der Waals surface area contributed by atoms with Crippen LogP contribution in [0.5, 0.6) is 5.75 Å². The van der Waals surface area contributed by atoms with Gasteiger partial charge in [0.15, 0.2) is 0 Å². The first-order valence-electron chi connectivity index (χ1n) is 8.95. The Hall–Kier alpha value is -1.60. The molecule has 0 aliphatic carbocycles. The lowest BCUT2D eigenvalue weighted by molar-refractivity contribution is -0.117. The van der Waals surface area contributed by atoms with E-state index >= 15 is 0 Å². The third-order valence-corrected chi connectivity index (χ3v) is 6.97. The molecule has 0 bridgehead atoms. The highest BCUT2D eigenvalue weighted by Crippen LogP contribution is 2.37. The molecule has 0 spiro atoms. The predicted octanol–water partition coefficient (Wildman–Crippen LogP) is 2.77. The van der Waals surface area contributed by atoms with Crippen LogP contribution in [-0.2, 0) is 14.8 Å². The maximum atomic E-state index is 13.2. The number of sulfonamides is 1. The number of carbonyl (C=O) groups excluding carboxylic acids is 1. The van der Waals surface area contributed by atoms with Gasteiger partial charge in [-0.1, -0.05) is 13.3 Å². The minimum Gasteiger partial charge on any atom is -0.487 e. The number of carbonyl (C=O) groups is 1. The molecule has 2 aliphatic heterocycles. The third-order valence-electron chi connectivity index (χ3n) is 5.02. The van der Waals surface area contributed by atoms with Crippen LogP contribution in [0, 0.1) is 0 Å². The Morgan fingerprint density at radius 3 is 2.76 bits per heavy atom. The second-order valence-electron chi connectivity index (χ2n) is 6.86. The summed E-state index contributed by atoms with van der Waals surface area (Å²) in [5.41, 5.74) is 0.539. The normalized spacial score (nSPS) is 24.5. The number of hydrogen-bond donors (Lipinski definition) is 0. The van der Waals surface area contributed by atoms with Gasteiger partial charge in [-0.25, -0.2) is 8.42 Å². The smallest absolute Gasteiger partial charge is 0.243 e. The van der Waals surface area contributed by atoms with Crippen molar-refractivity contribution in [3.8, 4) is 5.75 Å². The number of hydrogen-bond acceptors (Lipinski definition) is 4. The number of piperidine rings is 1. The summed E-state index contributed by atoms with van der Waals surface area (Å²) in [5, 5.41) is 0. The van der Waals surface area contributed by atoms with Crippen LogP contribution >= 0.6 is 0 Å². The second-order valence-corrected chi connectivity index (χ2v) is 8.75.